The van der Waals surface area contributed by atoms with Gasteiger partial charge in [-0.1, -0.05) is 0 Å². The summed E-state index contributed by atoms with van der Waals surface area (Å²) >= 11 is -5.17. The van der Waals surface area contributed by atoms with Crippen molar-refractivity contribution < 1.29 is 15.6 Å². The molecule has 259 valence electrons. The Bertz CT molecular complexity index is 2200. The molecule has 2 atom stereocenters. The van der Waals surface area contributed by atoms with Crippen molar-refractivity contribution in [1.29, 1.82) is 0 Å². The fourth-order valence-electron chi connectivity index (χ4n) is 9.24. The first kappa shape index (κ1) is 35.5. The molecule has 4 heteroatoms. The van der Waals surface area contributed by atoms with E-state index in [9.17, 15) is 0 Å². The molecule has 0 aliphatic heterocycles. The summed E-state index contributed by atoms with van der Waals surface area (Å²) in [6.07, 6.45) is 6.87. The van der Waals surface area contributed by atoms with Gasteiger partial charge < -0.3 is 0 Å². The molecule has 0 saturated carbocycles. The molecule has 2 aliphatic carbocycles. The summed E-state index contributed by atoms with van der Waals surface area (Å²) in [4.78, 5) is 0. The van der Waals surface area contributed by atoms with Gasteiger partial charge in [-0.3, -0.25) is 0 Å². The molecule has 6 aromatic carbocycles. The van der Waals surface area contributed by atoms with Crippen molar-refractivity contribution in [2.24, 2.45) is 0 Å². The van der Waals surface area contributed by atoms with Crippen molar-refractivity contribution in [3.63, 3.8) is 0 Å². The van der Waals surface area contributed by atoms with Crippen LogP contribution in [0, 0.1) is 0 Å². The van der Waals surface area contributed by atoms with Gasteiger partial charge in [0, 0.05) is 0 Å². The van der Waals surface area contributed by atoms with Crippen LogP contribution >= 0.6 is 17.0 Å². The zero-order chi connectivity index (χ0) is 36.1. The van der Waals surface area contributed by atoms with Crippen LogP contribution in [-0.2, 0) is 28.4 Å². The molecule has 0 spiro atoms. The average Bonchev–Trinajstić information content (AvgIpc) is 3.80. The molecule has 0 heterocycles. The van der Waals surface area contributed by atoms with Crippen molar-refractivity contribution in [3.05, 3.63) is 190 Å². The molecule has 2 unspecified atom stereocenters. The number of halogens is 2. The Balaban J connectivity index is 1.43. The van der Waals surface area contributed by atoms with E-state index in [1.807, 2.05) is 0 Å². The van der Waals surface area contributed by atoms with Crippen molar-refractivity contribution in [1.82, 2.24) is 0 Å². The van der Waals surface area contributed by atoms with E-state index in [-0.39, 0.29) is 7.25 Å². The average molecular weight is 812 g/mol. The standard InChI is InChI=1S/2C23H19.C2H7Si.2ClH.Zr/c2*1-2-17-9-6-7-13-21(17)22-14-8-12-19-15-20(16-23(19)22)18-10-4-3-5-11-18;1-3-2;;;/h2*3-16H,2H2,1H3;3H,1-2H3;2*1H;/q;;;;;+2/p-2. The van der Waals surface area contributed by atoms with Crippen molar-refractivity contribution in [3.8, 4) is 22.3 Å². The number of aryl methyl sites for hydroxylation is 2. The third-order valence-corrected chi connectivity index (χ3v) is 63.5. The van der Waals surface area contributed by atoms with Crippen LogP contribution in [0.1, 0.15) is 65.6 Å². The Morgan fingerprint density at radius 3 is 1.21 bits per heavy atom. The summed E-state index contributed by atoms with van der Waals surface area (Å²) in [6, 6.07) is 53.3. The molecule has 0 nitrogen and oxygen atoms in total. The van der Waals surface area contributed by atoms with Gasteiger partial charge in [-0.25, -0.2) is 0 Å². The van der Waals surface area contributed by atoms with Crippen LogP contribution in [0.4, 0.5) is 0 Å². The normalized spacial score (nSPS) is 17.2. The van der Waals surface area contributed by atoms with Crippen molar-refractivity contribution in [2.75, 3.05) is 0 Å². The Kier molecular flexibility index (Phi) is 9.59. The van der Waals surface area contributed by atoms with Gasteiger partial charge in [-0.05, 0) is 0 Å². The molecule has 2 aliphatic rings. The number of benzene rings is 6. The number of hydrogen-bond acceptors (Lipinski definition) is 0. The summed E-state index contributed by atoms with van der Waals surface area (Å²) in [7, 11) is 17.9. The minimum atomic E-state index is -5.17. The maximum atomic E-state index is 8.96. The van der Waals surface area contributed by atoms with Gasteiger partial charge in [0.2, 0.25) is 0 Å². The molecule has 52 heavy (non-hydrogen) atoms. The van der Waals surface area contributed by atoms with Crippen LogP contribution < -0.4 is 0 Å². The van der Waals surface area contributed by atoms with Crippen molar-refractivity contribution >= 4 is 46.2 Å². The second kappa shape index (κ2) is 14.0. The van der Waals surface area contributed by atoms with E-state index in [1.54, 1.807) is 0 Å². The summed E-state index contributed by atoms with van der Waals surface area (Å²) < 4.78 is -0.144. The SMILES string of the molecule is CCc1ccccc1-c1cccc2c1C=C(c1ccccc1)[CH]2[Zr]([Cl])([Cl])([CH]1C(c2ccccc2)=Cc2c(-c3ccccc3CC)cccc21)[SiH](C)C. The number of hydrogen-bond donors (Lipinski definition) is 0. The van der Waals surface area contributed by atoms with E-state index in [0.717, 1.165) is 12.8 Å². The first-order chi connectivity index (χ1) is 25.3. The second-order valence-corrected chi connectivity index (χ2v) is 57.3. The Morgan fingerprint density at radius 1 is 0.462 bits per heavy atom. The Morgan fingerprint density at radius 2 is 0.827 bits per heavy atom. The molecular formula is C48H45Cl2SiZr. The molecule has 0 saturated heterocycles. The predicted molar refractivity (Wildman–Crippen MR) is 227 cm³/mol. The molecule has 0 fully saturated rings. The Labute approximate surface area is 318 Å². The zero-order valence-electron chi connectivity index (χ0n) is 30.4. The van der Waals surface area contributed by atoms with Crippen LogP contribution in [0.2, 0.25) is 13.1 Å². The monoisotopic (exact) mass is 809 g/mol. The number of rotatable bonds is 9. The third-order valence-electron chi connectivity index (χ3n) is 11.9. The fourth-order valence-corrected chi connectivity index (χ4v) is 39.3. The first-order valence-corrected chi connectivity index (χ1v) is 35.1. The topological polar surface area (TPSA) is 0 Å². The maximum absolute atomic E-state index is 8.96. The molecule has 0 radical (unpaired) electrons. The van der Waals surface area contributed by atoms with Crippen LogP contribution in [-0.4, -0.2) is 5.92 Å². The van der Waals surface area contributed by atoms with E-state index in [4.69, 9.17) is 17.0 Å². The number of allylic oxidation sites excluding steroid dienone is 2. The molecule has 8 rings (SSSR count). The summed E-state index contributed by atoms with van der Waals surface area (Å²) in [5, 5.41) is 0. The van der Waals surface area contributed by atoms with Crippen LogP contribution in [0.15, 0.2) is 146 Å². The van der Waals surface area contributed by atoms with E-state index in [1.165, 1.54) is 77.9 Å². The summed E-state index contributed by atoms with van der Waals surface area (Å²) in [5.74, 6) is -1.82. The van der Waals surface area contributed by atoms with Gasteiger partial charge in [0.15, 0.2) is 0 Å². The first-order valence-electron chi connectivity index (χ1n) is 18.8. The van der Waals surface area contributed by atoms with Crippen LogP contribution in [0.25, 0.3) is 45.6 Å². The van der Waals surface area contributed by atoms with Crippen LogP contribution in [0.5, 0.6) is 0 Å². The third kappa shape index (κ3) is 5.65. The molecule has 0 aromatic heterocycles. The minimum absolute atomic E-state index is 0.0720. The van der Waals surface area contributed by atoms with Crippen molar-refractivity contribution in [2.45, 2.75) is 47.0 Å². The van der Waals surface area contributed by atoms with E-state index >= 15 is 0 Å². The Hall–Kier alpha value is -3.52. The summed E-state index contributed by atoms with van der Waals surface area (Å²) in [5.41, 5.74) is 18.0. The fraction of sp³-hybridized carbons (Fsp3) is 0.167. The quantitative estimate of drug-likeness (QED) is 0.128. The predicted octanol–water partition coefficient (Wildman–Crippen LogP) is 14.0. The van der Waals surface area contributed by atoms with E-state index < -0.39 is 21.5 Å². The van der Waals surface area contributed by atoms with E-state index in [2.05, 4.69) is 185 Å². The van der Waals surface area contributed by atoms with Gasteiger partial charge in [0.25, 0.3) is 0 Å². The van der Waals surface area contributed by atoms with Gasteiger partial charge >= 0.3 is 321 Å². The van der Waals surface area contributed by atoms with Gasteiger partial charge in [0.05, 0.1) is 0 Å². The van der Waals surface area contributed by atoms with Gasteiger partial charge in [-0.15, -0.1) is 0 Å². The van der Waals surface area contributed by atoms with E-state index in [0.29, 0.717) is 0 Å². The van der Waals surface area contributed by atoms with Gasteiger partial charge in [0.1, 0.15) is 0 Å². The second-order valence-electron chi connectivity index (χ2n) is 14.8. The molecule has 0 N–H and O–H groups in total. The molecule has 6 aromatic rings. The number of fused-ring (bicyclic) bond motifs is 2. The van der Waals surface area contributed by atoms with Crippen LogP contribution in [0.3, 0.4) is 0 Å². The zero-order valence-corrected chi connectivity index (χ0v) is 35.5. The summed E-state index contributed by atoms with van der Waals surface area (Å²) in [6.45, 7) is 9.38. The van der Waals surface area contributed by atoms with Gasteiger partial charge in [-0.2, -0.15) is 0 Å². The molecule has 0 bridgehead atoms. The molecule has 0 amide bonds. The molecular weight excluding hydrogens is 767 g/mol.